The summed E-state index contributed by atoms with van der Waals surface area (Å²) in [6.07, 6.45) is -28.8. The van der Waals surface area contributed by atoms with Crippen LogP contribution in [-0.2, 0) is 95.3 Å². The summed E-state index contributed by atoms with van der Waals surface area (Å²) < 4.78 is 59.8. The molecule has 0 saturated carbocycles. The number of aliphatic hydroxyl groups excluding tert-OH is 13. The number of amides is 3. The number of methoxy groups -OCH3 is 1. The Kier molecular flexibility index (Phi) is 42.3. The van der Waals surface area contributed by atoms with Crippen molar-refractivity contribution < 1.29 is 250 Å². The molecule has 0 aromatic heterocycles. The fourth-order valence-corrected chi connectivity index (χ4v) is 8.36. The van der Waals surface area contributed by atoms with Gasteiger partial charge in [0.2, 0.25) is 17.7 Å². The molecule has 16 N–H and O–H groups in total. The van der Waals surface area contributed by atoms with E-state index in [9.17, 15) is 80.8 Å². The predicted octanol–water partition coefficient (Wildman–Crippen LogP) is -20.5. The van der Waals surface area contributed by atoms with E-state index in [0.29, 0.717) is 0 Å². The van der Waals surface area contributed by atoms with Gasteiger partial charge in [0.1, 0.15) is 85.3 Å². The summed E-state index contributed by atoms with van der Waals surface area (Å²) in [6, 6.07) is -3.54. The maximum absolute atomic E-state index is 12.1. The van der Waals surface area contributed by atoms with Crippen LogP contribution in [0.4, 0.5) is 0 Å². The first-order valence-electron chi connectivity index (χ1n) is 23.6. The molecule has 6 aliphatic heterocycles. The van der Waals surface area contributed by atoms with Crippen LogP contribution in [0.3, 0.4) is 0 Å². The SMILES string of the molecule is CC(=O)NC1C(O)OC(CO)C(O)C1OC1O[CH-]C(OC2OC(CO)C(O)C(OC3O[C-]=CC(O)C3O)C2NC(C)=O)C(O)C1O.COC1[CH-]OC(OC2C(O)C(CO)OC(C)C2NC(C)=O)C(O)C1O.O=C=O.O=C=O.O=C=O.[Na+].[Na+].[Na+]. The first kappa shape index (κ1) is 83.2. The van der Waals surface area contributed by atoms with Crippen molar-refractivity contribution in [3.63, 3.8) is 0 Å². The van der Waals surface area contributed by atoms with Crippen molar-refractivity contribution in [3.05, 3.63) is 25.6 Å². The van der Waals surface area contributed by atoms with Crippen LogP contribution in [0.5, 0.6) is 0 Å². The average Bonchev–Trinajstić information content (AvgIpc) is 3.40. The van der Waals surface area contributed by atoms with Gasteiger partial charge in [-0.15, -0.1) is 0 Å². The Hall–Kier alpha value is -1.83. The molecule has 0 radical (unpaired) electrons. The standard InChI is InChI=1S/C26H40N2O18.C15H26NO9.3CO2.3Na/c1-8(31)27-14-21(18(36)11(5-29)42-23(14)39)45-26-20(38)17(35)13(7-41-26)44-24-15(28-9(2)32)22(19(37)12(6-30)43-24)46-25-16(34)10(33)3-4-40-25;1-6-10(16-7(2)18)14(12(20)8(4-17)24-6)25-15-13(21)11(19)9(22-3)5-23-15;3*2-1-3;;;/h3,7,10-26,29-30,33-39H,5-6H2,1-2H3,(H,27,31)(H,28,32);5-6,8-15,17,19-21H,4H2,1-3H3,(H,16,18);;;;;;/q-2;-1;;;;3*+1. The van der Waals surface area contributed by atoms with E-state index < -0.39 is 191 Å². The van der Waals surface area contributed by atoms with Crippen molar-refractivity contribution >= 4 is 36.2 Å². The number of hydrogen-bond acceptors (Lipinski definition) is 33. The maximum atomic E-state index is 12.1. The van der Waals surface area contributed by atoms with Crippen LogP contribution in [-0.4, -0.2) is 289 Å². The fraction of sp³-hybridized carbons (Fsp3) is 0.773. The summed E-state index contributed by atoms with van der Waals surface area (Å²) >= 11 is 0. The van der Waals surface area contributed by atoms with Gasteiger partial charge in [0.25, 0.3) is 0 Å². The smallest absolute Gasteiger partial charge is 0.671 e. The van der Waals surface area contributed by atoms with Crippen LogP contribution in [0.1, 0.15) is 27.7 Å². The zero-order chi connectivity index (χ0) is 60.7. The van der Waals surface area contributed by atoms with Crippen molar-refractivity contribution in [2.24, 2.45) is 0 Å². The molecule has 26 unspecified atom stereocenters. The van der Waals surface area contributed by atoms with Gasteiger partial charge in [0.05, 0.1) is 50.3 Å². The summed E-state index contributed by atoms with van der Waals surface area (Å²) in [7, 11) is 1.35. The molecule has 83 heavy (non-hydrogen) atoms. The molecule has 6 rings (SSSR count). The van der Waals surface area contributed by atoms with E-state index in [4.69, 9.17) is 80.9 Å². The molecule has 5 fully saturated rings. The van der Waals surface area contributed by atoms with Gasteiger partial charge in [-0.05, 0) is 19.1 Å². The van der Waals surface area contributed by atoms with Gasteiger partial charge in [-0.3, -0.25) is 20.6 Å². The zero-order valence-electron chi connectivity index (χ0n) is 45.8. The quantitative estimate of drug-likeness (QED) is 0.0535. The van der Waals surface area contributed by atoms with E-state index in [1.807, 2.05) is 0 Å². The van der Waals surface area contributed by atoms with Crippen LogP contribution < -0.4 is 105 Å². The molecule has 0 spiro atoms. The number of hydrogen-bond donors (Lipinski definition) is 16. The van der Waals surface area contributed by atoms with Crippen LogP contribution in [0.15, 0.2) is 6.08 Å². The van der Waals surface area contributed by atoms with Gasteiger partial charge in [-0.1, -0.05) is 0 Å². The van der Waals surface area contributed by atoms with Crippen molar-refractivity contribution in [2.75, 3.05) is 26.9 Å². The van der Waals surface area contributed by atoms with E-state index in [1.165, 1.54) is 20.6 Å². The van der Waals surface area contributed by atoms with Crippen LogP contribution >= 0.6 is 0 Å². The predicted molar refractivity (Wildman–Crippen MR) is 238 cm³/mol. The van der Waals surface area contributed by atoms with Crippen molar-refractivity contribution in [3.8, 4) is 0 Å². The van der Waals surface area contributed by atoms with E-state index in [-0.39, 0.29) is 113 Å². The number of carbonyl (C=O) groups is 3. The van der Waals surface area contributed by atoms with Crippen molar-refractivity contribution in [2.45, 2.75) is 187 Å². The summed E-state index contributed by atoms with van der Waals surface area (Å²) in [6.45, 7) is 5.31. The van der Waals surface area contributed by atoms with E-state index in [2.05, 4.69) is 22.2 Å². The third kappa shape index (κ3) is 24.2. The molecule has 26 atom stereocenters. The van der Waals surface area contributed by atoms with Crippen LogP contribution in [0, 0.1) is 19.5 Å². The van der Waals surface area contributed by atoms with Gasteiger partial charge in [0.15, 0.2) is 31.5 Å². The van der Waals surface area contributed by atoms with Gasteiger partial charge in [0, 0.05) is 27.9 Å². The first-order valence-corrected chi connectivity index (χ1v) is 23.6. The Labute approximate surface area is 538 Å². The van der Waals surface area contributed by atoms with Crippen molar-refractivity contribution in [1.29, 1.82) is 0 Å². The van der Waals surface area contributed by atoms with Crippen LogP contribution in [0.2, 0.25) is 0 Å². The first-order chi connectivity index (χ1) is 37.8. The number of carbonyl (C=O) groups excluding carboxylic acids is 9. The third-order valence-electron chi connectivity index (χ3n) is 12.1. The number of aliphatic hydroxyl groups is 13. The molecular weight excluding hydrogens is 1170 g/mol. The normalized spacial score (nSPS) is 39.5. The minimum Gasteiger partial charge on any atom is -0.671 e. The Balaban J connectivity index is 0. The Morgan fingerprint density at radius 3 is 1.33 bits per heavy atom. The largest absolute Gasteiger partial charge is 1.00 e. The van der Waals surface area contributed by atoms with Gasteiger partial charge in [-0.2, -0.15) is 42.0 Å². The molecule has 36 nitrogen and oxygen atoms in total. The van der Waals surface area contributed by atoms with E-state index in [1.54, 1.807) is 6.92 Å². The molecular formula is C44H66N3Na3O33. The molecule has 39 heteroatoms. The molecule has 6 aliphatic rings. The Morgan fingerprint density at radius 2 is 0.880 bits per heavy atom. The van der Waals surface area contributed by atoms with Crippen molar-refractivity contribution in [1.82, 2.24) is 16.0 Å². The molecule has 0 bridgehead atoms. The van der Waals surface area contributed by atoms with Gasteiger partial charge < -0.3 is 134 Å². The average molecular weight is 1230 g/mol. The number of ether oxygens (including phenoxy) is 11. The second-order valence-corrected chi connectivity index (χ2v) is 17.5. The summed E-state index contributed by atoms with van der Waals surface area (Å²) in [5, 5.41) is 141. The van der Waals surface area contributed by atoms with Crippen LogP contribution in [0.25, 0.3) is 0 Å². The summed E-state index contributed by atoms with van der Waals surface area (Å²) in [5.41, 5.74) is 0. The minimum absolute atomic E-state index is 0. The number of rotatable bonds is 15. The molecule has 6 heterocycles. The zero-order valence-corrected chi connectivity index (χ0v) is 51.8. The van der Waals surface area contributed by atoms with E-state index >= 15 is 0 Å². The third-order valence-corrected chi connectivity index (χ3v) is 12.1. The maximum Gasteiger partial charge on any atom is 1.00 e. The second kappa shape index (κ2) is 42.2. The summed E-state index contributed by atoms with van der Waals surface area (Å²) in [4.78, 5) is 84.0. The molecule has 458 valence electrons. The molecule has 0 aliphatic carbocycles. The molecule has 5 saturated heterocycles. The topological polar surface area (TPSA) is 554 Å². The van der Waals surface area contributed by atoms with E-state index in [0.717, 1.165) is 26.5 Å². The Morgan fingerprint density at radius 1 is 0.506 bits per heavy atom. The molecule has 0 aromatic rings. The van der Waals surface area contributed by atoms with Gasteiger partial charge >= 0.3 is 107 Å². The second-order valence-electron chi connectivity index (χ2n) is 17.5. The molecule has 3 amide bonds. The molecule has 0 aromatic carbocycles. The minimum atomic E-state index is -1.92. The fourth-order valence-electron chi connectivity index (χ4n) is 8.36. The van der Waals surface area contributed by atoms with Gasteiger partial charge in [-0.25, -0.2) is 6.08 Å². The Bertz CT molecular complexity index is 2000. The summed E-state index contributed by atoms with van der Waals surface area (Å²) in [5.74, 6) is -1.65. The monoisotopic (exact) mass is 1230 g/mol. The number of nitrogens with one attached hydrogen (secondary N) is 3.